The second kappa shape index (κ2) is 7.57. The number of rotatable bonds is 7. The lowest BCUT2D eigenvalue weighted by molar-refractivity contribution is 0.411. The van der Waals surface area contributed by atoms with Gasteiger partial charge < -0.3 is 4.74 Å². The van der Waals surface area contributed by atoms with Crippen LogP contribution in [-0.4, -0.2) is 27.1 Å². The SMILES string of the molecule is COc1cc(C)c(S(=O)(=O)NCCCc2cccnc2)cc1C. The molecule has 0 aliphatic rings. The average Bonchev–Trinajstić information content (AvgIpc) is 2.54. The van der Waals surface area contributed by atoms with Crippen LogP contribution in [0.1, 0.15) is 23.1 Å². The molecular formula is C17H22N2O3S. The Morgan fingerprint density at radius 1 is 1.22 bits per heavy atom. The summed E-state index contributed by atoms with van der Waals surface area (Å²) in [6.45, 7) is 3.99. The fourth-order valence-corrected chi connectivity index (χ4v) is 3.78. The van der Waals surface area contributed by atoms with Gasteiger partial charge in [0.15, 0.2) is 0 Å². The zero-order valence-corrected chi connectivity index (χ0v) is 14.5. The molecule has 0 aliphatic carbocycles. The number of methoxy groups -OCH3 is 1. The van der Waals surface area contributed by atoms with Crippen molar-refractivity contribution < 1.29 is 13.2 Å². The molecule has 0 saturated carbocycles. The third kappa shape index (κ3) is 4.53. The number of pyridine rings is 1. The molecule has 124 valence electrons. The Labute approximate surface area is 137 Å². The normalized spacial score (nSPS) is 11.4. The lowest BCUT2D eigenvalue weighted by Gasteiger charge is -2.12. The van der Waals surface area contributed by atoms with E-state index >= 15 is 0 Å². The highest BCUT2D eigenvalue weighted by atomic mass is 32.2. The molecule has 0 radical (unpaired) electrons. The van der Waals surface area contributed by atoms with Crippen LogP contribution < -0.4 is 9.46 Å². The second-order valence-corrected chi connectivity index (χ2v) is 7.19. The molecule has 0 amide bonds. The Morgan fingerprint density at radius 2 is 2.00 bits per heavy atom. The van der Waals surface area contributed by atoms with E-state index in [1.54, 1.807) is 38.6 Å². The molecule has 1 aromatic heterocycles. The number of sulfonamides is 1. The molecule has 1 aromatic carbocycles. The molecule has 1 heterocycles. The van der Waals surface area contributed by atoms with E-state index in [-0.39, 0.29) is 0 Å². The van der Waals surface area contributed by atoms with E-state index in [1.165, 1.54) is 0 Å². The summed E-state index contributed by atoms with van der Waals surface area (Å²) in [5, 5.41) is 0. The second-order valence-electron chi connectivity index (χ2n) is 5.45. The van der Waals surface area contributed by atoms with E-state index in [0.717, 1.165) is 24.0 Å². The van der Waals surface area contributed by atoms with Crippen molar-refractivity contribution in [1.82, 2.24) is 9.71 Å². The minimum atomic E-state index is -3.51. The van der Waals surface area contributed by atoms with Gasteiger partial charge in [-0.05, 0) is 61.6 Å². The fourth-order valence-electron chi connectivity index (χ4n) is 2.40. The van der Waals surface area contributed by atoms with Crippen LogP contribution in [0.5, 0.6) is 5.75 Å². The monoisotopic (exact) mass is 334 g/mol. The lowest BCUT2D eigenvalue weighted by Crippen LogP contribution is -2.26. The standard InChI is InChI=1S/C17H22N2O3S/c1-13-11-17(14(2)10-16(13)22-3)23(20,21)19-9-5-7-15-6-4-8-18-12-15/h4,6,8,10-12,19H,5,7,9H2,1-3H3. The number of aryl methyl sites for hydroxylation is 3. The summed E-state index contributed by atoms with van der Waals surface area (Å²) in [6.07, 6.45) is 5.03. The first-order valence-corrected chi connectivity index (χ1v) is 8.96. The van der Waals surface area contributed by atoms with Crippen LogP contribution >= 0.6 is 0 Å². The molecule has 0 fully saturated rings. The van der Waals surface area contributed by atoms with Crippen molar-refractivity contribution in [2.75, 3.05) is 13.7 Å². The van der Waals surface area contributed by atoms with Gasteiger partial charge in [0.05, 0.1) is 12.0 Å². The maximum absolute atomic E-state index is 12.5. The van der Waals surface area contributed by atoms with Crippen LogP contribution in [-0.2, 0) is 16.4 Å². The first kappa shape index (κ1) is 17.4. The molecule has 0 atom stereocenters. The van der Waals surface area contributed by atoms with Crippen LogP contribution in [0.2, 0.25) is 0 Å². The van der Waals surface area contributed by atoms with E-state index in [1.807, 2.05) is 19.1 Å². The van der Waals surface area contributed by atoms with Gasteiger partial charge >= 0.3 is 0 Å². The van der Waals surface area contributed by atoms with Gasteiger partial charge in [-0.3, -0.25) is 4.98 Å². The number of hydrogen-bond donors (Lipinski definition) is 1. The van der Waals surface area contributed by atoms with E-state index in [0.29, 0.717) is 22.8 Å². The zero-order valence-electron chi connectivity index (χ0n) is 13.7. The Balaban J connectivity index is 2.00. The largest absolute Gasteiger partial charge is 0.496 e. The summed E-state index contributed by atoms with van der Waals surface area (Å²) >= 11 is 0. The fraction of sp³-hybridized carbons (Fsp3) is 0.353. The third-order valence-electron chi connectivity index (χ3n) is 3.64. The first-order valence-electron chi connectivity index (χ1n) is 7.48. The van der Waals surface area contributed by atoms with Gasteiger partial charge in [-0.25, -0.2) is 13.1 Å². The molecule has 0 bridgehead atoms. The van der Waals surface area contributed by atoms with Gasteiger partial charge in [0.2, 0.25) is 10.0 Å². The van der Waals surface area contributed by atoms with Gasteiger partial charge in [-0.15, -0.1) is 0 Å². The zero-order chi connectivity index (χ0) is 16.9. The smallest absolute Gasteiger partial charge is 0.240 e. The Morgan fingerprint density at radius 3 is 2.65 bits per heavy atom. The number of ether oxygens (including phenoxy) is 1. The highest BCUT2D eigenvalue weighted by molar-refractivity contribution is 7.89. The highest BCUT2D eigenvalue weighted by Gasteiger charge is 2.18. The average molecular weight is 334 g/mol. The predicted octanol–water partition coefficient (Wildman–Crippen LogP) is 2.62. The lowest BCUT2D eigenvalue weighted by atomic mass is 10.1. The molecule has 1 N–H and O–H groups in total. The summed E-state index contributed by atoms with van der Waals surface area (Å²) in [5.41, 5.74) is 2.57. The number of nitrogens with one attached hydrogen (secondary N) is 1. The van der Waals surface area contributed by atoms with E-state index in [9.17, 15) is 8.42 Å². The Bertz CT molecular complexity index is 759. The molecule has 23 heavy (non-hydrogen) atoms. The summed E-state index contributed by atoms with van der Waals surface area (Å²) in [5.74, 6) is 0.693. The summed E-state index contributed by atoms with van der Waals surface area (Å²) < 4.78 is 32.8. The number of hydrogen-bond acceptors (Lipinski definition) is 4. The summed E-state index contributed by atoms with van der Waals surface area (Å²) in [4.78, 5) is 4.35. The van der Waals surface area contributed by atoms with E-state index in [2.05, 4.69) is 9.71 Å². The minimum absolute atomic E-state index is 0.303. The van der Waals surface area contributed by atoms with Crippen LogP contribution in [0.4, 0.5) is 0 Å². The van der Waals surface area contributed by atoms with Crippen LogP contribution in [0.25, 0.3) is 0 Å². The van der Waals surface area contributed by atoms with Gasteiger partial charge in [0, 0.05) is 18.9 Å². The molecule has 2 rings (SSSR count). The Kier molecular flexibility index (Phi) is 5.74. The molecule has 0 spiro atoms. The van der Waals surface area contributed by atoms with Gasteiger partial charge in [-0.1, -0.05) is 6.07 Å². The molecule has 6 heteroatoms. The van der Waals surface area contributed by atoms with Gasteiger partial charge in [-0.2, -0.15) is 0 Å². The van der Waals surface area contributed by atoms with Crippen molar-refractivity contribution in [3.05, 3.63) is 53.3 Å². The quantitative estimate of drug-likeness (QED) is 0.790. The maximum Gasteiger partial charge on any atom is 0.240 e. The van der Waals surface area contributed by atoms with Crippen LogP contribution in [0.15, 0.2) is 41.6 Å². The van der Waals surface area contributed by atoms with Gasteiger partial charge in [0.1, 0.15) is 5.75 Å². The molecule has 0 saturated heterocycles. The predicted molar refractivity (Wildman–Crippen MR) is 90.2 cm³/mol. The van der Waals surface area contributed by atoms with E-state index in [4.69, 9.17) is 4.74 Å². The highest BCUT2D eigenvalue weighted by Crippen LogP contribution is 2.25. The Hall–Kier alpha value is -1.92. The topological polar surface area (TPSA) is 68.3 Å². The van der Waals surface area contributed by atoms with Crippen molar-refractivity contribution in [3.63, 3.8) is 0 Å². The number of aromatic nitrogens is 1. The molecular weight excluding hydrogens is 312 g/mol. The van der Waals surface area contributed by atoms with Crippen molar-refractivity contribution >= 4 is 10.0 Å². The molecule has 0 unspecified atom stereocenters. The molecule has 0 aliphatic heterocycles. The van der Waals surface area contributed by atoms with Crippen LogP contribution in [0.3, 0.4) is 0 Å². The van der Waals surface area contributed by atoms with Crippen molar-refractivity contribution in [2.45, 2.75) is 31.6 Å². The van der Waals surface area contributed by atoms with Gasteiger partial charge in [0.25, 0.3) is 0 Å². The molecule has 2 aromatic rings. The number of benzene rings is 1. The van der Waals surface area contributed by atoms with Crippen molar-refractivity contribution in [2.24, 2.45) is 0 Å². The first-order chi connectivity index (χ1) is 10.9. The summed E-state index contributed by atoms with van der Waals surface area (Å²) in [6, 6.07) is 7.26. The van der Waals surface area contributed by atoms with E-state index < -0.39 is 10.0 Å². The minimum Gasteiger partial charge on any atom is -0.496 e. The third-order valence-corrected chi connectivity index (χ3v) is 5.24. The number of nitrogens with zero attached hydrogens (tertiary/aromatic N) is 1. The summed E-state index contributed by atoms with van der Waals surface area (Å²) in [7, 11) is -1.94. The molecule has 5 nitrogen and oxygen atoms in total. The van der Waals surface area contributed by atoms with Crippen molar-refractivity contribution in [1.29, 1.82) is 0 Å². The van der Waals surface area contributed by atoms with Crippen LogP contribution in [0, 0.1) is 13.8 Å². The van der Waals surface area contributed by atoms with Crippen molar-refractivity contribution in [3.8, 4) is 5.75 Å². The maximum atomic E-state index is 12.5.